The molecule has 1 aliphatic rings. The van der Waals surface area contributed by atoms with E-state index >= 15 is 0 Å². The number of piperazine rings is 1. The fraction of sp³-hybridized carbons (Fsp3) is 0.350. The highest BCUT2D eigenvalue weighted by atomic mass is 19.1. The first-order valence-corrected chi connectivity index (χ1v) is 9.04. The minimum atomic E-state index is -0.566. The van der Waals surface area contributed by atoms with E-state index in [1.165, 1.54) is 18.2 Å². The highest BCUT2D eigenvalue weighted by Gasteiger charge is 2.24. The molecule has 0 spiro atoms. The van der Waals surface area contributed by atoms with Crippen molar-refractivity contribution in [3.63, 3.8) is 0 Å². The minimum absolute atomic E-state index is 0.0185. The second kappa shape index (κ2) is 8.57. The number of amides is 1. The van der Waals surface area contributed by atoms with Crippen molar-refractivity contribution in [2.75, 3.05) is 31.1 Å². The quantitative estimate of drug-likeness (QED) is 0.737. The van der Waals surface area contributed by atoms with Crippen LogP contribution >= 0.6 is 0 Å². The molecule has 8 heteroatoms. The number of aromatic nitrogens is 2. The van der Waals surface area contributed by atoms with Gasteiger partial charge in [-0.1, -0.05) is 12.1 Å². The Morgan fingerprint density at radius 3 is 2.54 bits per heavy atom. The van der Waals surface area contributed by atoms with Gasteiger partial charge >= 0.3 is 0 Å². The molecule has 1 saturated heterocycles. The first kappa shape index (κ1) is 19.4. The van der Waals surface area contributed by atoms with Crippen LogP contribution in [0.2, 0.25) is 0 Å². The molecule has 0 unspecified atom stereocenters. The lowest BCUT2D eigenvalue weighted by Gasteiger charge is -2.34. The number of halogens is 1. The Kier molecular flexibility index (Phi) is 5.94. The number of carbonyl (C=O) groups excluding carboxylic acids is 2. The number of nitrogens with zero attached hydrogens (tertiary/aromatic N) is 5. The first-order chi connectivity index (χ1) is 13.5. The molecular weight excluding hydrogens is 361 g/mol. The van der Waals surface area contributed by atoms with Crippen LogP contribution in [0.25, 0.3) is 0 Å². The fourth-order valence-corrected chi connectivity index (χ4v) is 3.11. The summed E-state index contributed by atoms with van der Waals surface area (Å²) in [5.41, 5.74) is 1.05. The lowest BCUT2D eigenvalue weighted by atomic mass is 10.1. The van der Waals surface area contributed by atoms with Gasteiger partial charge in [-0.05, 0) is 25.1 Å². The van der Waals surface area contributed by atoms with Crippen LogP contribution in [0, 0.1) is 24.1 Å². The maximum atomic E-state index is 13.7. The highest BCUT2D eigenvalue weighted by Crippen LogP contribution is 2.15. The standard InChI is InChI=1S/C20H20FN5O2/c1-14-12-15(13-22)24-20(23-14)26-10-8-25(9-11-26)19(28)7-6-18(27)16-4-2-3-5-17(16)21/h2-5,12H,6-11H2,1H3. The van der Waals surface area contributed by atoms with Crippen LogP contribution in [-0.4, -0.2) is 52.7 Å². The van der Waals surface area contributed by atoms with Crippen LogP contribution in [0.1, 0.15) is 34.6 Å². The van der Waals surface area contributed by atoms with Gasteiger partial charge in [0.25, 0.3) is 0 Å². The summed E-state index contributed by atoms with van der Waals surface area (Å²) >= 11 is 0. The van der Waals surface area contributed by atoms with Gasteiger partial charge in [0, 0.05) is 44.7 Å². The maximum absolute atomic E-state index is 13.7. The summed E-state index contributed by atoms with van der Waals surface area (Å²) in [5, 5.41) is 9.04. The van der Waals surface area contributed by atoms with Gasteiger partial charge in [-0.2, -0.15) is 5.26 Å². The molecule has 2 heterocycles. The van der Waals surface area contributed by atoms with Gasteiger partial charge in [-0.25, -0.2) is 14.4 Å². The van der Waals surface area contributed by atoms with Crippen molar-refractivity contribution >= 4 is 17.6 Å². The predicted octanol–water partition coefficient (Wildman–Crippen LogP) is 2.11. The topological polar surface area (TPSA) is 90.2 Å². The third-order valence-electron chi connectivity index (χ3n) is 4.61. The maximum Gasteiger partial charge on any atom is 0.226 e. The Morgan fingerprint density at radius 1 is 1.14 bits per heavy atom. The molecule has 144 valence electrons. The average molecular weight is 381 g/mol. The predicted molar refractivity (Wildman–Crippen MR) is 100 cm³/mol. The van der Waals surface area contributed by atoms with Gasteiger partial charge in [0.15, 0.2) is 5.78 Å². The summed E-state index contributed by atoms with van der Waals surface area (Å²) in [5.74, 6) is -0.587. The van der Waals surface area contributed by atoms with Crippen LogP contribution < -0.4 is 4.90 Å². The van der Waals surface area contributed by atoms with Crippen molar-refractivity contribution in [3.05, 3.63) is 53.1 Å². The van der Waals surface area contributed by atoms with E-state index < -0.39 is 5.82 Å². The van der Waals surface area contributed by atoms with Gasteiger partial charge in [-0.15, -0.1) is 0 Å². The Morgan fingerprint density at radius 2 is 1.86 bits per heavy atom. The van der Waals surface area contributed by atoms with Crippen molar-refractivity contribution in [2.24, 2.45) is 0 Å². The van der Waals surface area contributed by atoms with E-state index in [1.807, 2.05) is 11.0 Å². The molecule has 1 amide bonds. The van der Waals surface area contributed by atoms with Crippen molar-refractivity contribution in [1.29, 1.82) is 5.26 Å². The Hall–Kier alpha value is -3.34. The monoisotopic (exact) mass is 381 g/mol. The minimum Gasteiger partial charge on any atom is -0.339 e. The van der Waals surface area contributed by atoms with Crippen LogP contribution in [-0.2, 0) is 4.79 Å². The molecule has 3 rings (SSSR count). The molecule has 0 saturated carbocycles. The second-order valence-corrected chi connectivity index (χ2v) is 6.58. The van der Waals surface area contributed by atoms with Crippen LogP contribution in [0.3, 0.4) is 0 Å². The van der Waals surface area contributed by atoms with Gasteiger partial charge < -0.3 is 9.80 Å². The van der Waals surface area contributed by atoms with Crippen molar-refractivity contribution < 1.29 is 14.0 Å². The smallest absolute Gasteiger partial charge is 0.226 e. The zero-order valence-corrected chi connectivity index (χ0v) is 15.6. The number of anilines is 1. The Balaban J connectivity index is 1.53. The number of benzene rings is 1. The third kappa shape index (κ3) is 4.49. The molecule has 0 aliphatic carbocycles. The molecule has 1 fully saturated rings. The number of rotatable bonds is 5. The van der Waals surface area contributed by atoms with E-state index in [0.717, 1.165) is 0 Å². The fourth-order valence-electron chi connectivity index (χ4n) is 3.11. The van der Waals surface area contributed by atoms with Crippen LogP contribution in [0.5, 0.6) is 0 Å². The van der Waals surface area contributed by atoms with E-state index in [9.17, 15) is 14.0 Å². The molecule has 7 nitrogen and oxygen atoms in total. The Bertz CT molecular complexity index is 932. The van der Waals surface area contributed by atoms with E-state index in [0.29, 0.717) is 43.5 Å². The number of aryl methyl sites for hydroxylation is 1. The summed E-state index contributed by atoms with van der Waals surface area (Å²) in [6.07, 6.45) is 0.0270. The number of ketones is 1. The average Bonchev–Trinajstić information content (AvgIpc) is 2.71. The van der Waals surface area contributed by atoms with Crippen molar-refractivity contribution in [3.8, 4) is 6.07 Å². The van der Waals surface area contributed by atoms with Gasteiger partial charge in [0.05, 0.1) is 5.56 Å². The summed E-state index contributed by atoms with van der Waals surface area (Å²) in [6, 6.07) is 9.43. The third-order valence-corrected chi connectivity index (χ3v) is 4.61. The Labute approximate surface area is 162 Å². The van der Waals surface area contributed by atoms with Crippen LogP contribution in [0.4, 0.5) is 10.3 Å². The van der Waals surface area contributed by atoms with E-state index in [1.54, 1.807) is 24.0 Å². The van der Waals surface area contributed by atoms with Crippen LogP contribution in [0.15, 0.2) is 30.3 Å². The normalized spacial score (nSPS) is 13.9. The number of hydrogen-bond donors (Lipinski definition) is 0. The zero-order chi connectivity index (χ0) is 20.1. The van der Waals surface area contributed by atoms with Crippen molar-refractivity contribution in [2.45, 2.75) is 19.8 Å². The second-order valence-electron chi connectivity index (χ2n) is 6.58. The molecule has 1 aromatic heterocycles. The molecule has 0 N–H and O–H groups in total. The summed E-state index contributed by atoms with van der Waals surface area (Å²) < 4.78 is 13.7. The molecule has 0 bridgehead atoms. The molecule has 1 aliphatic heterocycles. The molecule has 2 aromatic rings. The molecule has 0 radical (unpaired) electrons. The SMILES string of the molecule is Cc1cc(C#N)nc(N2CCN(C(=O)CCC(=O)c3ccccc3F)CC2)n1. The lowest BCUT2D eigenvalue weighted by molar-refractivity contribution is -0.131. The number of nitriles is 1. The van der Waals surface area contributed by atoms with Gasteiger partial charge in [-0.3, -0.25) is 9.59 Å². The molecular formula is C20H20FN5O2. The number of hydrogen-bond acceptors (Lipinski definition) is 6. The summed E-state index contributed by atoms with van der Waals surface area (Å²) in [7, 11) is 0. The summed E-state index contributed by atoms with van der Waals surface area (Å²) in [4.78, 5) is 36.7. The van der Waals surface area contributed by atoms with E-state index in [-0.39, 0.29) is 30.1 Å². The van der Waals surface area contributed by atoms with Gasteiger partial charge in [0.2, 0.25) is 11.9 Å². The number of Topliss-reactive ketones (excluding diaryl/α,β-unsaturated/α-hetero) is 1. The lowest BCUT2D eigenvalue weighted by Crippen LogP contribution is -2.49. The van der Waals surface area contributed by atoms with E-state index in [4.69, 9.17) is 5.26 Å². The molecule has 0 atom stereocenters. The van der Waals surface area contributed by atoms with Gasteiger partial charge in [0.1, 0.15) is 17.6 Å². The van der Waals surface area contributed by atoms with E-state index in [2.05, 4.69) is 9.97 Å². The molecule has 28 heavy (non-hydrogen) atoms. The highest BCUT2D eigenvalue weighted by molar-refractivity contribution is 5.98. The van der Waals surface area contributed by atoms with Crippen molar-refractivity contribution in [1.82, 2.24) is 14.9 Å². The largest absolute Gasteiger partial charge is 0.339 e. The zero-order valence-electron chi connectivity index (χ0n) is 15.6. The summed E-state index contributed by atoms with van der Waals surface area (Å²) in [6.45, 7) is 3.85. The first-order valence-electron chi connectivity index (χ1n) is 9.04. The number of carbonyl (C=O) groups is 2. The molecule has 1 aromatic carbocycles.